The van der Waals surface area contributed by atoms with Crippen molar-refractivity contribution in [2.75, 3.05) is 24.5 Å². The summed E-state index contributed by atoms with van der Waals surface area (Å²) in [4.78, 5) is 23.1. The Labute approximate surface area is 114 Å². The van der Waals surface area contributed by atoms with Crippen LogP contribution in [-0.2, 0) is 4.79 Å². The Morgan fingerprint density at radius 3 is 3.05 bits per heavy atom. The minimum Gasteiger partial charge on any atom is -0.356 e. The van der Waals surface area contributed by atoms with Crippen LogP contribution in [0.4, 0.5) is 5.82 Å². The highest BCUT2D eigenvalue weighted by atomic mass is 16.1. The summed E-state index contributed by atoms with van der Waals surface area (Å²) in [6.45, 7) is 8.26. The van der Waals surface area contributed by atoms with Crippen LogP contribution in [0.3, 0.4) is 0 Å². The highest BCUT2D eigenvalue weighted by Crippen LogP contribution is 2.23. The van der Waals surface area contributed by atoms with Gasteiger partial charge in [-0.25, -0.2) is 4.98 Å². The number of aromatic nitrogens is 2. The van der Waals surface area contributed by atoms with Crippen molar-refractivity contribution < 1.29 is 4.79 Å². The van der Waals surface area contributed by atoms with Gasteiger partial charge in [0.1, 0.15) is 5.82 Å². The van der Waals surface area contributed by atoms with Crippen molar-refractivity contribution in [1.82, 2.24) is 15.3 Å². The summed E-state index contributed by atoms with van der Waals surface area (Å²) < 4.78 is 0. The van der Waals surface area contributed by atoms with E-state index in [2.05, 4.69) is 20.2 Å². The van der Waals surface area contributed by atoms with Gasteiger partial charge in [0.2, 0.25) is 5.91 Å². The van der Waals surface area contributed by atoms with Gasteiger partial charge in [0.05, 0.1) is 17.3 Å². The van der Waals surface area contributed by atoms with E-state index in [-0.39, 0.29) is 11.8 Å². The van der Waals surface area contributed by atoms with Crippen LogP contribution in [0.25, 0.3) is 0 Å². The highest BCUT2D eigenvalue weighted by Gasteiger charge is 2.27. The summed E-state index contributed by atoms with van der Waals surface area (Å²) >= 11 is 0. The highest BCUT2D eigenvalue weighted by molar-refractivity contribution is 5.79. The van der Waals surface area contributed by atoms with E-state index in [9.17, 15) is 4.79 Å². The molecule has 0 bridgehead atoms. The summed E-state index contributed by atoms with van der Waals surface area (Å²) in [5.74, 6) is 1.15. The second-order valence-electron chi connectivity index (χ2n) is 5.10. The maximum absolute atomic E-state index is 12.0. The quantitative estimate of drug-likeness (QED) is 0.895. The molecule has 2 heterocycles. The normalized spacial score (nSPS) is 19.3. The van der Waals surface area contributed by atoms with Gasteiger partial charge in [0.25, 0.3) is 0 Å². The number of rotatable bonds is 3. The number of piperidine rings is 1. The first-order valence-electron chi connectivity index (χ1n) is 6.94. The molecule has 0 aliphatic carbocycles. The van der Waals surface area contributed by atoms with Gasteiger partial charge in [-0.3, -0.25) is 9.78 Å². The molecular weight excluding hydrogens is 240 g/mol. The number of amides is 1. The largest absolute Gasteiger partial charge is 0.356 e. The molecule has 1 unspecified atom stereocenters. The Morgan fingerprint density at radius 1 is 1.53 bits per heavy atom. The Balaban J connectivity index is 2.12. The number of nitrogens with zero attached hydrogens (tertiary/aromatic N) is 3. The lowest BCUT2D eigenvalue weighted by atomic mass is 9.97. The predicted molar refractivity (Wildman–Crippen MR) is 75.1 cm³/mol. The van der Waals surface area contributed by atoms with Crippen molar-refractivity contribution in [3.63, 3.8) is 0 Å². The molecule has 0 spiro atoms. The van der Waals surface area contributed by atoms with E-state index in [1.54, 1.807) is 6.20 Å². The summed E-state index contributed by atoms with van der Waals surface area (Å²) in [5, 5.41) is 2.91. The second kappa shape index (κ2) is 5.99. The molecular formula is C14H22N4O. The predicted octanol–water partition coefficient (Wildman–Crippen LogP) is 1.45. The van der Waals surface area contributed by atoms with Crippen LogP contribution < -0.4 is 10.2 Å². The van der Waals surface area contributed by atoms with Crippen LogP contribution in [0.1, 0.15) is 31.2 Å². The smallest absolute Gasteiger partial charge is 0.224 e. The fourth-order valence-electron chi connectivity index (χ4n) is 2.53. The summed E-state index contributed by atoms with van der Waals surface area (Å²) in [6, 6.07) is 0. The molecule has 1 aliphatic heterocycles. The Bertz CT molecular complexity index is 461. The minimum atomic E-state index is 0.0652. The Kier molecular flexibility index (Phi) is 4.35. The molecule has 0 aromatic carbocycles. The number of aryl methyl sites for hydroxylation is 2. The zero-order valence-electron chi connectivity index (χ0n) is 11.9. The van der Waals surface area contributed by atoms with Crippen molar-refractivity contribution in [3.05, 3.63) is 17.6 Å². The van der Waals surface area contributed by atoms with Crippen LogP contribution in [0.15, 0.2) is 6.20 Å². The van der Waals surface area contributed by atoms with Crippen molar-refractivity contribution >= 4 is 11.7 Å². The van der Waals surface area contributed by atoms with Gasteiger partial charge >= 0.3 is 0 Å². The topological polar surface area (TPSA) is 58.1 Å². The van der Waals surface area contributed by atoms with E-state index in [4.69, 9.17) is 0 Å². The second-order valence-corrected chi connectivity index (χ2v) is 5.10. The van der Waals surface area contributed by atoms with E-state index in [0.29, 0.717) is 6.54 Å². The van der Waals surface area contributed by atoms with Gasteiger partial charge in [-0.05, 0) is 33.6 Å². The Hall–Kier alpha value is -1.65. The molecule has 1 aromatic heterocycles. The van der Waals surface area contributed by atoms with Gasteiger partial charge in [-0.1, -0.05) is 0 Å². The van der Waals surface area contributed by atoms with Crippen LogP contribution in [0.2, 0.25) is 0 Å². The Morgan fingerprint density at radius 2 is 2.32 bits per heavy atom. The lowest BCUT2D eigenvalue weighted by Gasteiger charge is -2.33. The third-order valence-electron chi connectivity index (χ3n) is 3.49. The average Bonchev–Trinajstić information content (AvgIpc) is 2.42. The van der Waals surface area contributed by atoms with Crippen molar-refractivity contribution in [3.8, 4) is 0 Å². The maximum Gasteiger partial charge on any atom is 0.224 e. The molecule has 1 N–H and O–H groups in total. The number of hydrogen-bond acceptors (Lipinski definition) is 4. The third-order valence-corrected chi connectivity index (χ3v) is 3.49. The van der Waals surface area contributed by atoms with Gasteiger partial charge in [0, 0.05) is 25.8 Å². The van der Waals surface area contributed by atoms with Gasteiger partial charge < -0.3 is 10.2 Å². The zero-order valence-corrected chi connectivity index (χ0v) is 11.9. The molecule has 1 aliphatic rings. The van der Waals surface area contributed by atoms with Crippen molar-refractivity contribution in [1.29, 1.82) is 0 Å². The van der Waals surface area contributed by atoms with Crippen LogP contribution >= 0.6 is 0 Å². The molecule has 104 valence electrons. The SMILES string of the molecule is CCNC(=O)C1CCCN(c2nc(C)cnc2C)C1. The van der Waals surface area contributed by atoms with Crippen LogP contribution in [0, 0.1) is 19.8 Å². The molecule has 1 atom stereocenters. The third kappa shape index (κ3) is 3.22. The molecule has 1 amide bonds. The van der Waals surface area contributed by atoms with Crippen molar-refractivity contribution in [2.45, 2.75) is 33.6 Å². The fourth-order valence-corrected chi connectivity index (χ4v) is 2.53. The number of carbonyl (C=O) groups excluding carboxylic acids is 1. The van der Waals surface area contributed by atoms with E-state index in [1.807, 2.05) is 20.8 Å². The summed E-state index contributed by atoms with van der Waals surface area (Å²) in [6.07, 6.45) is 3.77. The van der Waals surface area contributed by atoms with E-state index >= 15 is 0 Å². The average molecular weight is 262 g/mol. The molecule has 0 saturated carbocycles. The monoisotopic (exact) mass is 262 g/mol. The molecule has 0 radical (unpaired) electrons. The van der Waals surface area contributed by atoms with Gasteiger partial charge in [-0.2, -0.15) is 0 Å². The molecule has 1 aromatic rings. The first-order chi connectivity index (χ1) is 9.11. The maximum atomic E-state index is 12.0. The number of anilines is 1. The zero-order chi connectivity index (χ0) is 13.8. The first-order valence-corrected chi connectivity index (χ1v) is 6.94. The lowest BCUT2D eigenvalue weighted by Crippen LogP contribution is -2.43. The molecule has 2 rings (SSSR count). The number of carbonyl (C=O) groups is 1. The fraction of sp³-hybridized carbons (Fsp3) is 0.643. The molecule has 1 fully saturated rings. The summed E-state index contributed by atoms with van der Waals surface area (Å²) in [7, 11) is 0. The van der Waals surface area contributed by atoms with E-state index in [0.717, 1.165) is 43.1 Å². The van der Waals surface area contributed by atoms with Gasteiger partial charge in [-0.15, -0.1) is 0 Å². The molecule has 1 saturated heterocycles. The standard InChI is InChI=1S/C14H22N4O/c1-4-15-14(19)12-6-5-7-18(9-12)13-11(3)16-8-10(2)17-13/h8,12H,4-7,9H2,1-3H3,(H,15,19). The first kappa shape index (κ1) is 13.8. The summed E-state index contributed by atoms with van der Waals surface area (Å²) in [5.41, 5.74) is 1.85. The number of nitrogens with one attached hydrogen (secondary N) is 1. The number of hydrogen-bond donors (Lipinski definition) is 1. The minimum absolute atomic E-state index is 0.0652. The lowest BCUT2D eigenvalue weighted by molar-refractivity contribution is -0.125. The van der Waals surface area contributed by atoms with Crippen LogP contribution in [-0.4, -0.2) is 35.5 Å². The van der Waals surface area contributed by atoms with E-state index < -0.39 is 0 Å². The van der Waals surface area contributed by atoms with Gasteiger partial charge in [0.15, 0.2) is 0 Å². The van der Waals surface area contributed by atoms with E-state index in [1.165, 1.54) is 0 Å². The van der Waals surface area contributed by atoms with Crippen LogP contribution in [0.5, 0.6) is 0 Å². The van der Waals surface area contributed by atoms with Crippen molar-refractivity contribution in [2.24, 2.45) is 5.92 Å². The molecule has 5 heteroatoms. The molecule has 19 heavy (non-hydrogen) atoms. The molecule has 5 nitrogen and oxygen atoms in total.